The van der Waals surface area contributed by atoms with Crippen LogP contribution in [0.2, 0.25) is 0 Å². The standard InChI is InChI=1S/C7H6Cl3/c1-7(10)3-5(8)2-6(9)4-7/h2-3H,1,4H2. The quantitative estimate of drug-likeness (QED) is 0.521. The maximum Gasteiger partial charge on any atom is 0.0692 e. The van der Waals surface area contributed by atoms with Gasteiger partial charge >= 0.3 is 0 Å². The molecule has 0 spiro atoms. The second-order valence-electron chi connectivity index (χ2n) is 2.33. The fourth-order valence-corrected chi connectivity index (χ4v) is 1.96. The maximum absolute atomic E-state index is 5.86. The molecule has 0 heterocycles. The van der Waals surface area contributed by atoms with E-state index in [2.05, 4.69) is 6.92 Å². The van der Waals surface area contributed by atoms with Crippen LogP contribution in [0.3, 0.4) is 0 Å². The molecular weight excluding hydrogens is 190 g/mol. The molecule has 0 saturated heterocycles. The number of halogens is 3. The van der Waals surface area contributed by atoms with E-state index in [0.717, 1.165) is 0 Å². The summed E-state index contributed by atoms with van der Waals surface area (Å²) in [5.41, 5.74) is 0. The molecule has 0 bridgehead atoms. The molecule has 55 valence electrons. The Morgan fingerprint density at radius 3 is 2.50 bits per heavy atom. The van der Waals surface area contributed by atoms with Gasteiger partial charge in [0.15, 0.2) is 0 Å². The molecule has 1 radical (unpaired) electrons. The van der Waals surface area contributed by atoms with E-state index in [1.165, 1.54) is 0 Å². The number of rotatable bonds is 0. The molecule has 1 aliphatic carbocycles. The third kappa shape index (κ3) is 2.19. The molecule has 0 aliphatic heterocycles. The van der Waals surface area contributed by atoms with Crippen molar-refractivity contribution in [3.8, 4) is 0 Å². The van der Waals surface area contributed by atoms with Crippen molar-refractivity contribution in [2.75, 3.05) is 0 Å². The molecule has 0 aromatic rings. The molecule has 1 rings (SSSR count). The smallest absolute Gasteiger partial charge is 0.0692 e. The minimum absolute atomic E-state index is 0.548. The van der Waals surface area contributed by atoms with Crippen molar-refractivity contribution in [2.45, 2.75) is 11.3 Å². The lowest BCUT2D eigenvalue weighted by Gasteiger charge is -2.20. The molecule has 1 unspecified atom stereocenters. The zero-order valence-corrected chi connectivity index (χ0v) is 7.47. The zero-order chi connectivity index (χ0) is 7.78. The molecule has 0 amide bonds. The normalized spacial score (nSPS) is 33.2. The Morgan fingerprint density at radius 1 is 1.50 bits per heavy atom. The van der Waals surface area contributed by atoms with Gasteiger partial charge < -0.3 is 0 Å². The summed E-state index contributed by atoms with van der Waals surface area (Å²) in [4.78, 5) is -0.650. The van der Waals surface area contributed by atoms with Crippen LogP contribution in [0.1, 0.15) is 6.42 Å². The van der Waals surface area contributed by atoms with E-state index in [9.17, 15) is 0 Å². The molecule has 3 heteroatoms. The first-order valence-corrected chi connectivity index (χ1v) is 3.92. The van der Waals surface area contributed by atoms with Crippen LogP contribution >= 0.6 is 34.8 Å². The molecule has 1 atom stereocenters. The van der Waals surface area contributed by atoms with Gasteiger partial charge in [-0.15, -0.1) is 11.6 Å². The molecule has 0 nitrogen and oxygen atoms in total. The molecule has 0 N–H and O–H groups in total. The first kappa shape index (κ1) is 8.45. The van der Waals surface area contributed by atoms with Crippen LogP contribution in [0.4, 0.5) is 0 Å². The predicted octanol–water partition coefficient (Wildman–Crippen LogP) is 3.45. The van der Waals surface area contributed by atoms with Crippen molar-refractivity contribution in [1.29, 1.82) is 0 Å². The summed E-state index contributed by atoms with van der Waals surface area (Å²) < 4.78 is 0. The van der Waals surface area contributed by atoms with Gasteiger partial charge in [0.25, 0.3) is 0 Å². The van der Waals surface area contributed by atoms with Gasteiger partial charge in [0, 0.05) is 16.5 Å². The van der Waals surface area contributed by atoms with E-state index < -0.39 is 4.87 Å². The zero-order valence-electron chi connectivity index (χ0n) is 5.20. The third-order valence-corrected chi connectivity index (χ3v) is 1.86. The Kier molecular flexibility index (Phi) is 2.34. The highest BCUT2D eigenvalue weighted by molar-refractivity contribution is 6.37. The van der Waals surface area contributed by atoms with Gasteiger partial charge in [0.1, 0.15) is 0 Å². The first-order valence-electron chi connectivity index (χ1n) is 2.78. The van der Waals surface area contributed by atoms with E-state index >= 15 is 0 Å². The Labute approximate surface area is 75.5 Å². The van der Waals surface area contributed by atoms with Gasteiger partial charge in [-0.1, -0.05) is 23.2 Å². The minimum Gasteiger partial charge on any atom is -0.114 e. The number of allylic oxidation sites excluding steroid dienone is 4. The van der Waals surface area contributed by atoms with Crippen LogP contribution in [0, 0.1) is 6.92 Å². The molecule has 1 aliphatic rings. The van der Waals surface area contributed by atoms with Crippen molar-refractivity contribution in [3.05, 3.63) is 29.1 Å². The second-order valence-corrected chi connectivity index (χ2v) is 4.01. The van der Waals surface area contributed by atoms with Crippen LogP contribution in [0.15, 0.2) is 22.2 Å². The second kappa shape index (κ2) is 2.77. The lowest BCUT2D eigenvalue weighted by Crippen LogP contribution is -2.15. The third-order valence-electron chi connectivity index (χ3n) is 1.15. The van der Waals surface area contributed by atoms with Crippen LogP contribution in [-0.2, 0) is 0 Å². The van der Waals surface area contributed by atoms with Crippen LogP contribution < -0.4 is 0 Å². The van der Waals surface area contributed by atoms with Crippen molar-refractivity contribution in [1.82, 2.24) is 0 Å². The lowest BCUT2D eigenvalue weighted by atomic mass is 10.0. The van der Waals surface area contributed by atoms with Gasteiger partial charge in [0.05, 0.1) is 4.87 Å². The fourth-order valence-electron chi connectivity index (χ4n) is 0.821. The summed E-state index contributed by atoms with van der Waals surface area (Å²) in [6, 6.07) is 0. The lowest BCUT2D eigenvalue weighted by molar-refractivity contribution is 0.848. The van der Waals surface area contributed by atoms with Crippen molar-refractivity contribution in [2.24, 2.45) is 0 Å². The topological polar surface area (TPSA) is 0 Å². The Bertz CT molecular complexity index is 201. The summed E-state index contributed by atoms with van der Waals surface area (Å²) in [5.74, 6) is 0. The highest BCUT2D eigenvalue weighted by atomic mass is 35.5. The monoisotopic (exact) mass is 195 g/mol. The van der Waals surface area contributed by atoms with E-state index in [1.54, 1.807) is 12.2 Å². The van der Waals surface area contributed by atoms with Gasteiger partial charge in [-0.2, -0.15) is 0 Å². The van der Waals surface area contributed by atoms with Crippen LogP contribution in [0.5, 0.6) is 0 Å². The van der Waals surface area contributed by atoms with Gasteiger partial charge in [0.2, 0.25) is 0 Å². The summed E-state index contributed by atoms with van der Waals surface area (Å²) in [7, 11) is 0. The molecule has 10 heavy (non-hydrogen) atoms. The molecule has 0 saturated carbocycles. The number of hydrogen-bond acceptors (Lipinski definition) is 0. The average molecular weight is 196 g/mol. The van der Waals surface area contributed by atoms with Crippen molar-refractivity contribution < 1.29 is 0 Å². The van der Waals surface area contributed by atoms with Gasteiger partial charge in [-0.25, -0.2) is 0 Å². The van der Waals surface area contributed by atoms with E-state index in [0.29, 0.717) is 16.5 Å². The summed E-state index contributed by atoms with van der Waals surface area (Å²) in [6.45, 7) is 3.71. The highest BCUT2D eigenvalue weighted by Crippen LogP contribution is 2.34. The molecule has 0 aromatic carbocycles. The largest absolute Gasteiger partial charge is 0.114 e. The SMILES string of the molecule is [CH2]C1(Cl)C=C(Cl)C=C(Cl)C1. The molecular formula is C7H6Cl3. The fraction of sp³-hybridized carbons (Fsp3) is 0.286. The van der Waals surface area contributed by atoms with Crippen molar-refractivity contribution in [3.63, 3.8) is 0 Å². The van der Waals surface area contributed by atoms with E-state index in [1.807, 2.05) is 0 Å². The Morgan fingerprint density at radius 2 is 2.10 bits per heavy atom. The minimum atomic E-state index is -0.650. The van der Waals surface area contributed by atoms with Crippen molar-refractivity contribution >= 4 is 34.8 Å². The average Bonchev–Trinajstić information content (AvgIpc) is 1.54. The first-order chi connectivity index (χ1) is 4.49. The maximum atomic E-state index is 5.86. The van der Waals surface area contributed by atoms with Crippen LogP contribution in [0.25, 0.3) is 0 Å². The molecule has 0 aromatic heterocycles. The van der Waals surface area contributed by atoms with E-state index in [4.69, 9.17) is 34.8 Å². The Hall–Kier alpha value is 0.350. The summed E-state index contributed by atoms with van der Waals surface area (Å²) in [5, 5.41) is 1.21. The highest BCUT2D eigenvalue weighted by Gasteiger charge is 2.23. The van der Waals surface area contributed by atoms with Crippen LogP contribution in [-0.4, -0.2) is 4.87 Å². The van der Waals surface area contributed by atoms with E-state index in [-0.39, 0.29) is 0 Å². The summed E-state index contributed by atoms with van der Waals surface area (Å²) in [6.07, 6.45) is 3.91. The summed E-state index contributed by atoms with van der Waals surface area (Å²) >= 11 is 17.2. The Balaban J connectivity index is 2.88. The van der Waals surface area contributed by atoms with Gasteiger partial charge in [-0.3, -0.25) is 0 Å². The van der Waals surface area contributed by atoms with Gasteiger partial charge in [-0.05, 0) is 19.1 Å². The number of alkyl halides is 1. The molecule has 0 fully saturated rings. The predicted molar refractivity (Wildman–Crippen MR) is 46.4 cm³/mol. The number of hydrogen-bond donors (Lipinski definition) is 0.